The lowest BCUT2D eigenvalue weighted by Gasteiger charge is -2.09. The average molecular weight is 346 g/mol. The van der Waals surface area contributed by atoms with Crippen LogP contribution in [0, 0.1) is 5.82 Å². The number of rotatable bonds is 5. The highest BCUT2D eigenvalue weighted by molar-refractivity contribution is 9.10. The second-order valence-corrected chi connectivity index (χ2v) is 4.92. The van der Waals surface area contributed by atoms with Crippen molar-refractivity contribution in [3.05, 3.63) is 58.3 Å². The van der Waals surface area contributed by atoms with Gasteiger partial charge in [0, 0.05) is 22.8 Å². The van der Waals surface area contributed by atoms with Gasteiger partial charge in [-0.25, -0.2) is 4.39 Å². The molecule has 2 nitrogen and oxygen atoms in total. The van der Waals surface area contributed by atoms with Crippen molar-refractivity contribution in [2.75, 3.05) is 5.32 Å². The van der Waals surface area contributed by atoms with E-state index >= 15 is 0 Å². The Bertz CT molecular complexity index is 575. The van der Waals surface area contributed by atoms with E-state index in [4.69, 9.17) is 0 Å². The lowest BCUT2D eigenvalue weighted by molar-refractivity contribution is -0.0521. The lowest BCUT2D eigenvalue weighted by Crippen LogP contribution is -2.04. The van der Waals surface area contributed by atoms with Gasteiger partial charge in [0.25, 0.3) is 0 Å². The first-order chi connectivity index (χ1) is 9.54. The van der Waals surface area contributed by atoms with Crippen LogP contribution in [0.2, 0.25) is 0 Å². The number of anilines is 1. The topological polar surface area (TPSA) is 21.3 Å². The van der Waals surface area contributed by atoms with Crippen LogP contribution in [0.25, 0.3) is 0 Å². The van der Waals surface area contributed by atoms with Crippen molar-refractivity contribution in [2.45, 2.75) is 13.2 Å². The van der Waals surface area contributed by atoms with Gasteiger partial charge in [-0.05, 0) is 29.8 Å². The van der Waals surface area contributed by atoms with Crippen molar-refractivity contribution in [1.82, 2.24) is 0 Å². The van der Waals surface area contributed by atoms with Crippen LogP contribution in [0.15, 0.2) is 46.9 Å². The molecule has 0 aliphatic carbocycles. The first kappa shape index (κ1) is 14.7. The Morgan fingerprint density at radius 1 is 1.10 bits per heavy atom. The third-order valence-electron chi connectivity index (χ3n) is 2.56. The number of hydrogen-bond donors (Lipinski definition) is 1. The lowest BCUT2D eigenvalue weighted by atomic mass is 10.2. The highest BCUT2D eigenvalue weighted by Crippen LogP contribution is 2.23. The summed E-state index contributed by atoms with van der Waals surface area (Å²) in [5.74, 6) is -1.29. The summed E-state index contributed by atoms with van der Waals surface area (Å²) in [5, 5.41) is 3.00. The van der Waals surface area contributed by atoms with Crippen LogP contribution >= 0.6 is 15.9 Å². The molecule has 1 N–H and O–H groups in total. The van der Waals surface area contributed by atoms with E-state index in [0.717, 1.165) is 16.1 Å². The Kier molecular flexibility index (Phi) is 4.89. The summed E-state index contributed by atoms with van der Waals surface area (Å²) in [6, 6.07) is 11.4. The van der Waals surface area contributed by atoms with Crippen LogP contribution < -0.4 is 10.1 Å². The van der Waals surface area contributed by atoms with Crippen LogP contribution in [0.3, 0.4) is 0 Å². The molecule has 0 aliphatic heterocycles. The molecular formula is C14H11BrF3NO. The predicted octanol–water partition coefficient (Wildman–Crippen LogP) is 4.80. The van der Waals surface area contributed by atoms with Gasteiger partial charge in [-0.1, -0.05) is 28.1 Å². The Morgan fingerprint density at radius 2 is 1.80 bits per heavy atom. The second-order valence-electron chi connectivity index (χ2n) is 4.00. The number of ether oxygens (including phenoxy) is 1. The first-order valence-electron chi connectivity index (χ1n) is 5.77. The van der Waals surface area contributed by atoms with Crippen molar-refractivity contribution >= 4 is 21.6 Å². The van der Waals surface area contributed by atoms with Crippen molar-refractivity contribution in [2.24, 2.45) is 0 Å². The normalized spacial score (nSPS) is 10.7. The molecule has 0 spiro atoms. The average Bonchev–Trinajstić information content (AvgIpc) is 2.40. The van der Waals surface area contributed by atoms with Crippen molar-refractivity contribution in [3.63, 3.8) is 0 Å². The minimum atomic E-state index is -3.04. The first-order valence-corrected chi connectivity index (χ1v) is 6.56. The SMILES string of the molecule is Fc1cc(NCc2ccc(Br)cc2)ccc1OC(F)F. The van der Waals surface area contributed by atoms with Gasteiger partial charge in [-0.3, -0.25) is 0 Å². The van der Waals surface area contributed by atoms with Gasteiger partial charge in [0.2, 0.25) is 0 Å². The van der Waals surface area contributed by atoms with Crippen LogP contribution in [0.4, 0.5) is 18.9 Å². The molecule has 2 aromatic rings. The Balaban J connectivity index is 1.99. The molecule has 0 fully saturated rings. The van der Waals surface area contributed by atoms with Gasteiger partial charge in [0.1, 0.15) is 0 Å². The molecule has 106 valence electrons. The number of nitrogens with one attached hydrogen (secondary N) is 1. The molecule has 0 bridgehead atoms. The highest BCUT2D eigenvalue weighted by Gasteiger charge is 2.10. The molecule has 0 amide bonds. The van der Waals surface area contributed by atoms with Gasteiger partial charge >= 0.3 is 6.61 Å². The predicted molar refractivity (Wildman–Crippen MR) is 74.5 cm³/mol. The minimum Gasteiger partial charge on any atom is -0.432 e. The summed E-state index contributed by atoms with van der Waals surface area (Å²) < 4.78 is 42.5. The zero-order chi connectivity index (χ0) is 14.5. The molecule has 2 aromatic carbocycles. The number of benzene rings is 2. The molecular weight excluding hydrogens is 335 g/mol. The van der Waals surface area contributed by atoms with Gasteiger partial charge in [-0.2, -0.15) is 8.78 Å². The van der Waals surface area contributed by atoms with Gasteiger partial charge in [-0.15, -0.1) is 0 Å². The van der Waals surface area contributed by atoms with Gasteiger partial charge < -0.3 is 10.1 Å². The van der Waals surface area contributed by atoms with Gasteiger partial charge in [0.05, 0.1) is 0 Å². The van der Waals surface area contributed by atoms with Crippen LogP contribution in [-0.4, -0.2) is 6.61 Å². The molecule has 0 heterocycles. The molecule has 6 heteroatoms. The van der Waals surface area contributed by atoms with Crippen molar-refractivity contribution < 1.29 is 17.9 Å². The van der Waals surface area contributed by atoms with Crippen molar-refractivity contribution in [3.8, 4) is 5.75 Å². The van der Waals surface area contributed by atoms with Crippen molar-refractivity contribution in [1.29, 1.82) is 0 Å². The molecule has 0 aliphatic rings. The minimum absolute atomic E-state index is 0.464. The van der Waals surface area contributed by atoms with Crippen LogP contribution in [-0.2, 0) is 6.54 Å². The summed E-state index contributed by atoms with van der Waals surface area (Å²) in [6.45, 7) is -2.53. The molecule has 0 saturated carbocycles. The van der Waals surface area contributed by atoms with E-state index < -0.39 is 18.2 Å². The van der Waals surface area contributed by atoms with E-state index in [1.54, 1.807) is 0 Å². The Labute approximate surface area is 122 Å². The molecule has 0 radical (unpaired) electrons. The zero-order valence-electron chi connectivity index (χ0n) is 10.2. The summed E-state index contributed by atoms with van der Waals surface area (Å²) in [4.78, 5) is 0. The Morgan fingerprint density at radius 3 is 2.40 bits per heavy atom. The summed E-state index contributed by atoms with van der Waals surface area (Å²) in [7, 11) is 0. The standard InChI is InChI=1S/C14H11BrF3NO/c15-10-3-1-9(2-4-10)8-19-11-5-6-13(12(16)7-11)20-14(17)18/h1-7,14,19H,8H2. The maximum Gasteiger partial charge on any atom is 0.387 e. The van der Waals surface area contributed by atoms with E-state index in [2.05, 4.69) is 26.0 Å². The molecule has 2 rings (SSSR count). The molecule has 20 heavy (non-hydrogen) atoms. The zero-order valence-corrected chi connectivity index (χ0v) is 11.8. The summed E-state index contributed by atoms with van der Waals surface area (Å²) >= 11 is 3.33. The fourth-order valence-corrected chi connectivity index (χ4v) is 1.87. The van der Waals surface area contributed by atoms with E-state index in [1.165, 1.54) is 12.1 Å². The number of halogens is 4. The third kappa shape index (κ3) is 4.16. The Hall–Kier alpha value is -1.69. The second kappa shape index (κ2) is 6.65. The summed E-state index contributed by atoms with van der Waals surface area (Å²) in [5.41, 5.74) is 1.51. The smallest absolute Gasteiger partial charge is 0.387 e. The quantitative estimate of drug-likeness (QED) is 0.840. The molecule has 0 aromatic heterocycles. The van der Waals surface area contributed by atoms with Crippen LogP contribution in [0.1, 0.15) is 5.56 Å². The third-order valence-corrected chi connectivity index (χ3v) is 3.09. The maximum atomic E-state index is 13.5. The number of alkyl halides is 2. The molecule has 0 atom stereocenters. The highest BCUT2D eigenvalue weighted by atomic mass is 79.9. The molecule has 0 unspecified atom stereocenters. The van der Waals surface area contributed by atoms with Crippen LogP contribution in [0.5, 0.6) is 5.75 Å². The van der Waals surface area contributed by atoms with E-state index in [1.807, 2.05) is 24.3 Å². The summed E-state index contributed by atoms with van der Waals surface area (Å²) in [6.07, 6.45) is 0. The van der Waals surface area contributed by atoms with E-state index in [9.17, 15) is 13.2 Å². The largest absolute Gasteiger partial charge is 0.432 e. The van der Waals surface area contributed by atoms with Gasteiger partial charge in [0.15, 0.2) is 11.6 Å². The van der Waals surface area contributed by atoms with E-state index in [-0.39, 0.29) is 0 Å². The van der Waals surface area contributed by atoms with E-state index in [0.29, 0.717) is 12.2 Å². The monoisotopic (exact) mass is 345 g/mol. The fraction of sp³-hybridized carbons (Fsp3) is 0.143. The molecule has 0 saturated heterocycles. The maximum absolute atomic E-state index is 13.5. The fourth-order valence-electron chi connectivity index (χ4n) is 1.61. The number of hydrogen-bond acceptors (Lipinski definition) is 2.